The fourth-order valence-electron chi connectivity index (χ4n) is 3.44. The lowest BCUT2D eigenvalue weighted by atomic mass is 10.3. The average Bonchev–Trinajstić information content (AvgIpc) is 3.38. The average molecular weight is 436 g/mol. The van der Waals surface area contributed by atoms with Crippen molar-refractivity contribution in [2.24, 2.45) is 0 Å². The normalized spacial score (nSPS) is 14.7. The third kappa shape index (κ3) is 4.95. The van der Waals surface area contributed by atoms with E-state index >= 15 is 0 Å². The molecular weight excluding hydrogens is 410 g/mol. The first-order valence-electron chi connectivity index (χ1n) is 9.75. The van der Waals surface area contributed by atoms with Crippen molar-refractivity contribution in [2.75, 3.05) is 44.3 Å². The molecule has 4 rings (SSSR count). The Morgan fingerprint density at radius 3 is 2.79 bits per heavy atom. The molecule has 1 saturated heterocycles. The van der Waals surface area contributed by atoms with Crippen LogP contribution in [0.25, 0.3) is 10.2 Å². The van der Waals surface area contributed by atoms with Crippen LogP contribution in [-0.4, -0.2) is 65.0 Å². The second-order valence-corrected chi connectivity index (χ2v) is 7.77. The molecule has 7 nitrogen and oxygen atoms in total. The SMILES string of the molecule is CCn1nccc1C(=O)N(CCCN1CCOCC1)c1nc2ccccc2s1.Cl. The van der Waals surface area contributed by atoms with Gasteiger partial charge in [0.25, 0.3) is 5.91 Å². The molecule has 2 aromatic heterocycles. The summed E-state index contributed by atoms with van der Waals surface area (Å²) in [7, 11) is 0. The Hall–Kier alpha value is -2.00. The van der Waals surface area contributed by atoms with Crippen molar-refractivity contribution < 1.29 is 9.53 Å². The summed E-state index contributed by atoms with van der Waals surface area (Å²) in [5.41, 5.74) is 1.53. The number of halogens is 1. The first-order valence-corrected chi connectivity index (χ1v) is 10.6. The number of nitrogens with zero attached hydrogens (tertiary/aromatic N) is 5. The second-order valence-electron chi connectivity index (χ2n) is 6.76. The highest BCUT2D eigenvalue weighted by Crippen LogP contribution is 2.29. The van der Waals surface area contributed by atoms with Gasteiger partial charge < -0.3 is 4.74 Å². The second kappa shape index (κ2) is 10.2. The third-order valence-corrected chi connectivity index (χ3v) is 6.01. The molecule has 0 atom stereocenters. The highest BCUT2D eigenvalue weighted by molar-refractivity contribution is 7.22. The number of anilines is 1. The summed E-state index contributed by atoms with van der Waals surface area (Å²) >= 11 is 1.56. The summed E-state index contributed by atoms with van der Waals surface area (Å²) in [6.07, 6.45) is 2.57. The number of aromatic nitrogens is 3. The quantitative estimate of drug-likeness (QED) is 0.569. The predicted molar refractivity (Wildman–Crippen MR) is 118 cm³/mol. The third-order valence-electron chi connectivity index (χ3n) is 4.95. The van der Waals surface area contributed by atoms with Gasteiger partial charge in [-0.25, -0.2) is 4.98 Å². The molecule has 1 aliphatic rings. The van der Waals surface area contributed by atoms with Crippen molar-refractivity contribution in [1.29, 1.82) is 0 Å². The van der Waals surface area contributed by atoms with Crippen LogP contribution >= 0.6 is 23.7 Å². The number of hydrogen-bond acceptors (Lipinski definition) is 6. The number of hydrogen-bond donors (Lipinski definition) is 0. The number of carbonyl (C=O) groups excluding carboxylic acids is 1. The molecular formula is C20H26ClN5O2S. The van der Waals surface area contributed by atoms with Gasteiger partial charge in [0, 0.05) is 38.9 Å². The van der Waals surface area contributed by atoms with Crippen molar-refractivity contribution >= 4 is 45.0 Å². The Balaban J connectivity index is 0.00000240. The van der Waals surface area contributed by atoms with Crippen LogP contribution in [0.2, 0.25) is 0 Å². The number of carbonyl (C=O) groups is 1. The molecule has 0 bridgehead atoms. The summed E-state index contributed by atoms with van der Waals surface area (Å²) in [6, 6.07) is 9.79. The van der Waals surface area contributed by atoms with Gasteiger partial charge in [-0.15, -0.1) is 12.4 Å². The van der Waals surface area contributed by atoms with E-state index in [0.717, 1.165) is 54.6 Å². The van der Waals surface area contributed by atoms with Gasteiger partial charge in [0.2, 0.25) is 0 Å². The monoisotopic (exact) mass is 435 g/mol. The van der Waals surface area contributed by atoms with E-state index in [9.17, 15) is 4.79 Å². The Morgan fingerprint density at radius 2 is 2.03 bits per heavy atom. The van der Waals surface area contributed by atoms with E-state index in [0.29, 0.717) is 18.8 Å². The molecule has 0 aliphatic carbocycles. The van der Waals surface area contributed by atoms with Gasteiger partial charge in [-0.1, -0.05) is 23.5 Å². The molecule has 29 heavy (non-hydrogen) atoms. The number of rotatable bonds is 7. The molecule has 1 aliphatic heterocycles. The van der Waals surface area contributed by atoms with E-state index in [2.05, 4.69) is 10.00 Å². The van der Waals surface area contributed by atoms with Crippen LogP contribution in [0.3, 0.4) is 0 Å². The largest absolute Gasteiger partial charge is 0.379 e. The first kappa shape index (κ1) is 21.7. The zero-order chi connectivity index (χ0) is 19.3. The topological polar surface area (TPSA) is 63.5 Å². The van der Waals surface area contributed by atoms with E-state index in [4.69, 9.17) is 9.72 Å². The number of aryl methyl sites for hydroxylation is 1. The van der Waals surface area contributed by atoms with Gasteiger partial charge in [-0.3, -0.25) is 19.3 Å². The standard InChI is InChI=1S/C20H25N5O2S.ClH/c1-2-25-17(8-9-21-25)19(26)24(11-5-10-23-12-14-27-15-13-23)20-22-16-6-3-4-7-18(16)28-20;/h3-4,6-9H,2,5,10-15H2,1H3;1H. The van der Waals surface area contributed by atoms with Crippen molar-refractivity contribution in [3.05, 3.63) is 42.2 Å². The summed E-state index contributed by atoms with van der Waals surface area (Å²) in [4.78, 5) is 22.3. The number of morpholine rings is 1. The lowest BCUT2D eigenvalue weighted by Gasteiger charge is -2.27. The minimum absolute atomic E-state index is 0. The van der Waals surface area contributed by atoms with E-state index in [1.54, 1.807) is 28.3 Å². The van der Waals surface area contributed by atoms with Crippen LogP contribution in [0.5, 0.6) is 0 Å². The molecule has 0 saturated carbocycles. The van der Waals surface area contributed by atoms with Crippen LogP contribution in [0, 0.1) is 0 Å². The molecule has 0 radical (unpaired) electrons. The number of fused-ring (bicyclic) bond motifs is 1. The molecule has 0 N–H and O–H groups in total. The number of benzene rings is 1. The fourth-order valence-corrected chi connectivity index (χ4v) is 4.43. The molecule has 3 heterocycles. The van der Waals surface area contributed by atoms with Crippen molar-refractivity contribution in [1.82, 2.24) is 19.7 Å². The summed E-state index contributed by atoms with van der Waals surface area (Å²) in [5, 5.41) is 5.01. The molecule has 1 fully saturated rings. The Morgan fingerprint density at radius 1 is 1.24 bits per heavy atom. The van der Waals surface area contributed by atoms with Gasteiger partial charge in [-0.2, -0.15) is 5.10 Å². The number of thiazole rings is 1. The van der Waals surface area contributed by atoms with Crippen LogP contribution < -0.4 is 4.90 Å². The molecule has 3 aromatic rings. The zero-order valence-electron chi connectivity index (χ0n) is 16.5. The van der Waals surface area contributed by atoms with Gasteiger partial charge >= 0.3 is 0 Å². The van der Waals surface area contributed by atoms with Crippen LogP contribution in [0.15, 0.2) is 36.5 Å². The predicted octanol–water partition coefficient (Wildman–Crippen LogP) is 3.30. The zero-order valence-corrected chi connectivity index (χ0v) is 18.1. The van der Waals surface area contributed by atoms with E-state index in [1.165, 1.54) is 0 Å². The van der Waals surface area contributed by atoms with Crippen molar-refractivity contribution in [3.8, 4) is 0 Å². The Bertz CT molecular complexity index is 905. The maximum Gasteiger partial charge on any atom is 0.278 e. The van der Waals surface area contributed by atoms with E-state index in [-0.39, 0.29) is 18.3 Å². The van der Waals surface area contributed by atoms with Crippen molar-refractivity contribution in [3.63, 3.8) is 0 Å². The molecule has 0 unspecified atom stereocenters. The molecule has 1 amide bonds. The van der Waals surface area contributed by atoms with Crippen molar-refractivity contribution in [2.45, 2.75) is 19.9 Å². The number of ether oxygens (including phenoxy) is 1. The Labute approximate surface area is 180 Å². The highest BCUT2D eigenvalue weighted by Gasteiger charge is 2.24. The maximum absolute atomic E-state index is 13.3. The first-order chi connectivity index (χ1) is 13.8. The minimum atomic E-state index is -0.0413. The summed E-state index contributed by atoms with van der Waals surface area (Å²) in [6.45, 7) is 7.72. The van der Waals surface area contributed by atoms with E-state index < -0.39 is 0 Å². The van der Waals surface area contributed by atoms with Crippen LogP contribution in [0.4, 0.5) is 5.13 Å². The summed E-state index contributed by atoms with van der Waals surface area (Å²) < 4.78 is 8.25. The number of para-hydroxylation sites is 1. The van der Waals surface area contributed by atoms with Gasteiger partial charge in [0.1, 0.15) is 5.69 Å². The van der Waals surface area contributed by atoms with Gasteiger partial charge in [0.15, 0.2) is 5.13 Å². The number of amides is 1. The molecule has 0 spiro atoms. The molecule has 9 heteroatoms. The fraction of sp³-hybridized carbons (Fsp3) is 0.450. The summed E-state index contributed by atoms with van der Waals surface area (Å²) in [5.74, 6) is -0.0413. The van der Waals surface area contributed by atoms with Gasteiger partial charge in [-0.05, 0) is 31.5 Å². The van der Waals surface area contributed by atoms with Gasteiger partial charge in [0.05, 0.1) is 23.4 Å². The molecule has 1 aromatic carbocycles. The maximum atomic E-state index is 13.3. The van der Waals surface area contributed by atoms with Crippen LogP contribution in [-0.2, 0) is 11.3 Å². The smallest absolute Gasteiger partial charge is 0.278 e. The minimum Gasteiger partial charge on any atom is -0.379 e. The lowest BCUT2D eigenvalue weighted by Crippen LogP contribution is -2.39. The Kier molecular flexibility index (Phi) is 7.60. The lowest BCUT2D eigenvalue weighted by molar-refractivity contribution is 0.0376. The van der Waals surface area contributed by atoms with E-state index in [1.807, 2.05) is 36.1 Å². The van der Waals surface area contributed by atoms with Crippen LogP contribution in [0.1, 0.15) is 23.8 Å². The highest BCUT2D eigenvalue weighted by atomic mass is 35.5. The molecule has 156 valence electrons.